The van der Waals surface area contributed by atoms with Crippen molar-refractivity contribution in [2.24, 2.45) is 5.92 Å². The van der Waals surface area contributed by atoms with Gasteiger partial charge < -0.3 is 9.47 Å². The maximum absolute atomic E-state index is 12.1. The minimum Gasteiger partial charge on any atom is -0.462 e. The predicted molar refractivity (Wildman–Crippen MR) is 71.8 cm³/mol. The Labute approximate surface area is 118 Å². The molecule has 0 aromatic heterocycles. The van der Waals surface area contributed by atoms with E-state index in [4.69, 9.17) is 9.47 Å². The van der Waals surface area contributed by atoms with Crippen molar-refractivity contribution in [3.8, 4) is 0 Å². The average molecular weight is 283 g/mol. The van der Waals surface area contributed by atoms with Crippen LogP contribution in [0.5, 0.6) is 0 Å². The van der Waals surface area contributed by atoms with E-state index in [1.165, 1.54) is 13.0 Å². The number of rotatable bonds is 3. The lowest BCUT2D eigenvalue weighted by Crippen LogP contribution is -2.66. The van der Waals surface area contributed by atoms with Gasteiger partial charge in [-0.2, -0.15) is 0 Å². The molecule has 0 unspecified atom stereocenters. The molecule has 3 atom stereocenters. The van der Waals surface area contributed by atoms with Crippen molar-refractivity contribution >= 4 is 18.0 Å². The lowest BCUT2D eigenvalue weighted by Gasteiger charge is -2.45. The largest absolute Gasteiger partial charge is 0.462 e. The first kappa shape index (κ1) is 16.2. The average Bonchev–Trinajstić information content (AvgIpc) is 2.21. The van der Waals surface area contributed by atoms with Crippen molar-refractivity contribution < 1.29 is 23.9 Å². The maximum Gasteiger partial charge on any atom is 0.417 e. The molecular weight excluding hydrogens is 262 g/mol. The van der Waals surface area contributed by atoms with Crippen molar-refractivity contribution in [3.63, 3.8) is 0 Å². The van der Waals surface area contributed by atoms with Gasteiger partial charge in [-0.1, -0.05) is 6.08 Å². The van der Waals surface area contributed by atoms with E-state index in [1.807, 2.05) is 0 Å². The number of nitrogens with zero attached hydrogens (tertiary/aromatic N) is 1. The van der Waals surface area contributed by atoms with Crippen LogP contribution in [0.3, 0.4) is 0 Å². The Hall–Kier alpha value is -1.85. The lowest BCUT2D eigenvalue weighted by molar-refractivity contribution is -0.166. The minimum atomic E-state index is -0.710. The molecule has 0 aliphatic carbocycles. The smallest absolute Gasteiger partial charge is 0.417 e. The molecule has 1 aliphatic heterocycles. The number of ether oxygens (including phenoxy) is 2. The summed E-state index contributed by atoms with van der Waals surface area (Å²) in [6.45, 7) is 11.7. The molecule has 0 N–H and O–H groups in total. The first-order valence-electron chi connectivity index (χ1n) is 6.44. The van der Waals surface area contributed by atoms with E-state index in [1.54, 1.807) is 27.7 Å². The van der Waals surface area contributed by atoms with E-state index in [9.17, 15) is 14.4 Å². The first-order valence-corrected chi connectivity index (χ1v) is 6.44. The van der Waals surface area contributed by atoms with E-state index < -0.39 is 41.6 Å². The van der Waals surface area contributed by atoms with Crippen LogP contribution in [0.4, 0.5) is 4.79 Å². The second-order valence-corrected chi connectivity index (χ2v) is 5.76. The minimum absolute atomic E-state index is 0.419. The van der Waals surface area contributed by atoms with E-state index in [0.717, 1.165) is 4.90 Å². The molecule has 0 bridgehead atoms. The van der Waals surface area contributed by atoms with Crippen LogP contribution in [0, 0.1) is 5.92 Å². The van der Waals surface area contributed by atoms with Crippen molar-refractivity contribution in [1.82, 2.24) is 4.90 Å². The molecule has 0 aromatic carbocycles. The third-order valence-electron chi connectivity index (χ3n) is 2.88. The molecule has 6 nitrogen and oxygen atoms in total. The van der Waals surface area contributed by atoms with Crippen LogP contribution in [0.1, 0.15) is 34.6 Å². The van der Waals surface area contributed by atoms with Crippen LogP contribution >= 0.6 is 0 Å². The Morgan fingerprint density at radius 1 is 1.40 bits per heavy atom. The van der Waals surface area contributed by atoms with Crippen LogP contribution in [-0.2, 0) is 19.1 Å². The van der Waals surface area contributed by atoms with Crippen LogP contribution in [-0.4, -0.2) is 40.6 Å². The number of amides is 2. The molecule has 1 saturated heterocycles. The van der Waals surface area contributed by atoms with E-state index in [0.29, 0.717) is 0 Å². The standard InChI is InChI=1S/C14H21NO5/c1-7-10-11(8(2)19-9(3)16)12(17)15(10)13(18)20-14(4,5)6/h7-8,10-11H,1H2,2-6H3/t8-,10-,11-/m1/s1. The Morgan fingerprint density at radius 3 is 2.35 bits per heavy atom. The van der Waals surface area contributed by atoms with Gasteiger partial charge in [0, 0.05) is 6.92 Å². The number of carbonyl (C=O) groups excluding carboxylic acids is 3. The number of carbonyl (C=O) groups is 3. The summed E-state index contributed by atoms with van der Waals surface area (Å²) in [4.78, 5) is 35.9. The Balaban J connectivity index is 2.79. The number of likely N-dealkylation sites (tertiary alicyclic amines) is 1. The fraction of sp³-hybridized carbons (Fsp3) is 0.643. The highest BCUT2D eigenvalue weighted by molar-refractivity contribution is 6.00. The molecule has 2 amide bonds. The summed E-state index contributed by atoms with van der Waals surface area (Å²) in [6, 6.07) is -0.522. The SMILES string of the molecule is C=C[C@@H]1[C@@H]([C@@H](C)OC(C)=O)C(=O)N1C(=O)OC(C)(C)C. The van der Waals surface area contributed by atoms with Gasteiger partial charge in [0.2, 0.25) is 5.91 Å². The monoisotopic (exact) mass is 283 g/mol. The quantitative estimate of drug-likeness (QED) is 0.449. The molecule has 1 fully saturated rings. The second-order valence-electron chi connectivity index (χ2n) is 5.76. The van der Waals surface area contributed by atoms with Crippen LogP contribution in [0.15, 0.2) is 12.7 Å². The molecule has 0 aromatic rings. The summed E-state index contributed by atoms with van der Waals surface area (Å²) < 4.78 is 10.2. The zero-order chi connectivity index (χ0) is 15.7. The van der Waals surface area contributed by atoms with Gasteiger partial charge in [0.15, 0.2) is 0 Å². The van der Waals surface area contributed by atoms with Crippen molar-refractivity contribution in [2.45, 2.75) is 52.4 Å². The lowest BCUT2D eigenvalue weighted by atomic mass is 9.83. The molecule has 0 saturated carbocycles. The number of hydrogen-bond acceptors (Lipinski definition) is 5. The first-order chi connectivity index (χ1) is 9.08. The number of esters is 1. The summed E-state index contributed by atoms with van der Waals surface area (Å²) in [5.74, 6) is -1.48. The van der Waals surface area contributed by atoms with Crippen molar-refractivity contribution in [1.29, 1.82) is 0 Å². The van der Waals surface area contributed by atoms with Gasteiger partial charge in [-0.25, -0.2) is 9.69 Å². The third kappa shape index (κ3) is 3.37. The summed E-state index contributed by atoms with van der Waals surface area (Å²) >= 11 is 0. The molecule has 1 heterocycles. The predicted octanol–water partition coefficient (Wildman–Crippen LogP) is 1.89. The number of hydrogen-bond donors (Lipinski definition) is 0. The fourth-order valence-electron chi connectivity index (χ4n) is 2.12. The van der Waals surface area contributed by atoms with E-state index in [2.05, 4.69) is 6.58 Å². The Morgan fingerprint density at radius 2 is 1.95 bits per heavy atom. The molecular formula is C14H21NO5. The summed E-state index contributed by atoms with van der Waals surface area (Å²) in [7, 11) is 0. The zero-order valence-electron chi connectivity index (χ0n) is 12.5. The molecule has 1 rings (SSSR count). The number of imide groups is 1. The van der Waals surface area contributed by atoms with Gasteiger partial charge in [-0.05, 0) is 27.7 Å². The fourth-order valence-corrected chi connectivity index (χ4v) is 2.12. The highest BCUT2D eigenvalue weighted by Gasteiger charge is 2.53. The van der Waals surface area contributed by atoms with Crippen molar-refractivity contribution in [2.75, 3.05) is 0 Å². The van der Waals surface area contributed by atoms with E-state index >= 15 is 0 Å². The molecule has 0 radical (unpaired) electrons. The van der Waals surface area contributed by atoms with Gasteiger partial charge in [0.1, 0.15) is 11.7 Å². The van der Waals surface area contributed by atoms with Gasteiger partial charge in [0.05, 0.1) is 12.0 Å². The van der Waals surface area contributed by atoms with Gasteiger partial charge in [0.25, 0.3) is 0 Å². The Kier molecular flexibility index (Phi) is 4.57. The summed E-state index contributed by atoms with van der Waals surface area (Å²) in [6.07, 6.45) is 0.163. The van der Waals surface area contributed by atoms with Crippen LogP contribution < -0.4 is 0 Å². The topological polar surface area (TPSA) is 72.9 Å². The molecule has 20 heavy (non-hydrogen) atoms. The molecule has 0 spiro atoms. The highest BCUT2D eigenvalue weighted by atomic mass is 16.6. The van der Waals surface area contributed by atoms with Gasteiger partial charge in [-0.15, -0.1) is 6.58 Å². The summed E-state index contributed by atoms with van der Waals surface area (Å²) in [5.41, 5.74) is -0.685. The number of β-lactam (4-membered cyclic amide) rings is 1. The van der Waals surface area contributed by atoms with Gasteiger partial charge in [-0.3, -0.25) is 9.59 Å². The highest BCUT2D eigenvalue weighted by Crippen LogP contribution is 2.33. The third-order valence-corrected chi connectivity index (χ3v) is 2.88. The van der Waals surface area contributed by atoms with Crippen LogP contribution in [0.2, 0.25) is 0 Å². The van der Waals surface area contributed by atoms with Crippen molar-refractivity contribution in [3.05, 3.63) is 12.7 Å². The molecule has 112 valence electrons. The maximum atomic E-state index is 12.1. The van der Waals surface area contributed by atoms with E-state index in [-0.39, 0.29) is 0 Å². The molecule has 1 aliphatic rings. The van der Waals surface area contributed by atoms with Gasteiger partial charge >= 0.3 is 12.1 Å². The molecule has 6 heteroatoms. The Bertz CT molecular complexity index is 437. The normalized spacial score (nSPS) is 23.6. The second kappa shape index (κ2) is 5.64. The summed E-state index contributed by atoms with van der Waals surface area (Å²) in [5, 5.41) is 0. The van der Waals surface area contributed by atoms with Crippen LogP contribution in [0.25, 0.3) is 0 Å². The zero-order valence-corrected chi connectivity index (χ0v) is 12.5.